The number of anilines is 2. The second-order valence-electron chi connectivity index (χ2n) is 6.61. The van der Waals surface area contributed by atoms with Gasteiger partial charge < -0.3 is 15.2 Å². The number of nitrogens with zero attached hydrogens (tertiary/aromatic N) is 3. The van der Waals surface area contributed by atoms with E-state index in [1.807, 2.05) is 0 Å². The molecule has 0 aliphatic carbocycles. The summed E-state index contributed by atoms with van der Waals surface area (Å²) in [6, 6.07) is 9.62. The van der Waals surface area contributed by atoms with Crippen LogP contribution in [0, 0.1) is 5.82 Å². The van der Waals surface area contributed by atoms with E-state index in [-0.39, 0.29) is 29.6 Å². The molecule has 1 heterocycles. The number of amides is 2. The summed E-state index contributed by atoms with van der Waals surface area (Å²) in [5.74, 6) is -1.05. The Labute approximate surface area is 184 Å². The summed E-state index contributed by atoms with van der Waals surface area (Å²) >= 11 is 1.08. The number of carbonyl (C=O) groups is 2. The van der Waals surface area contributed by atoms with Crippen LogP contribution in [0.15, 0.2) is 53.7 Å². The Kier molecular flexibility index (Phi) is 7.13. The van der Waals surface area contributed by atoms with Crippen molar-refractivity contribution in [2.45, 2.75) is 17.8 Å². The van der Waals surface area contributed by atoms with Crippen molar-refractivity contribution in [1.29, 1.82) is 0 Å². The first-order valence-electron chi connectivity index (χ1n) is 9.15. The molecule has 0 aliphatic rings. The molecule has 0 saturated heterocycles. The Hall–Kier alpha value is -3.41. The van der Waals surface area contributed by atoms with Crippen molar-refractivity contribution >= 4 is 35.0 Å². The van der Waals surface area contributed by atoms with E-state index in [0.29, 0.717) is 10.8 Å². The monoisotopic (exact) mass is 467 g/mol. The first-order chi connectivity index (χ1) is 15.1. The molecular weight excluding hydrogens is 450 g/mol. The van der Waals surface area contributed by atoms with E-state index in [2.05, 4.69) is 20.8 Å². The Balaban J connectivity index is 1.54. The standard InChI is InChI=1S/C20H17F4N5O2S/c1-29-16(10-17(30)26-15-4-2-3-12(9-15)20(22,23)24)27-28-19(29)32-11-18(31)25-14-7-5-13(21)6-8-14/h2-9H,10-11H2,1H3,(H,25,31)(H,26,30). The van der Waals surface area contributed by atoms with E-state index < -0.39 is 23.5 Å². The molecule has 2 amide bonds. The van der Waals surface area contributed by atoms with E-state index in [4.69, 9.17) is 0 Å². The molecule has 3 aromatic rings. The lowest BCUT2D eigenvalue weighted by Gasteiger charge is -2.10. The second-order valence-corrected chi connectivity index (χ2v) is 7.55. The quantitative estimate of drug-likeness (QED) is 0.407. The molecule has 0 saturated carbocycles. The molecule has 3 rings (SSSR count). The highest BCUT2D eigenvalue weighted by Crippen LogP contribution is 2.30. The third-order valence-corrected chi connectivity index (χ3v) is 5.20. The van der Waals surface area contributed by atoms with Gasteiger partial charge in [-0.1, -0.05) is 17.8 Å². The average Bonchev–Trinajstić information content (AvgIpc) is 3.07. The molecule has 0 spiro atoms. The predicted molar refractivity (Wildman–Crippen MR) is 111 cm³/mol. The van der Waals surface area contributed by atoms with Crippen molar-refractivity contribution in [3.63, 3.8) is 0 Å². The summed E-state index contributed by atoms with van der Waals surface area (Å²) in [7, 11) is 1.60. The van der Waals surface area contributed by atoms with Crippen molar-refractivity contribution in [2.24, 2.45) is 7.05 Å². The van der Waals surface area contributed by atoms with Gasteiger partial charge in [-0.3, -0.25) is 9.59 Å². The molecule has 0 atom stereocenters. The predicted octanol–water partition coefficient (Wildman–Crippen LogP) is 3.89. The van der Waals surface area contributed by atoms with Crippen molar-refractivity contribution < 1.29 is 27.2 Å². The number of thioether (sulfide) groups is 1. The maximum atomic E-state index is 12.9. The van der Waals surface area contributed by atoms with Crippen LogP contribution in [-0.2, 0) is 29.2 Å². The van der Waals surface area contributed by atoms with E-state index in [1.165, 1.54) is 41.0 Å². The zero-order valence-electron chi connectivity index (χ0n) is 16.6. The van der Waals surface area contributed by atoms with Crippen LogP contribution in [0.5, 0.6) is 0 Å². The van der Waals surface area contributed by atoms with E-state index in [9.17, 15) is 27.2 Å². The number of rotatable bonds is 7. The first kappa shape index (κ1) is 23.3. The number of halogens is 4. The largest absolute Gasteiger partial charge is 0.416 e. The van der Waals surface area contributed by atoms with Gasteiger partial charge in [0.05, 0.1) is 17.7 Å². The van der Waals surface area contributed by atoms with Gasteiger partial charge in [0.25, 0.3) is 0 Å². The van der Waals surface area contributed by atoms with Gasteiger partial charge in [0.15, 0.2) is 5.16 Å². The molecule has 0 aliphatic heterocycles. The van der Waals surface area contributed by atoms with Crippen molar-refractivity contribution in [3.8, 4) is 0 Å². The summed E-state index contributed by atoms with van der Waals surface area (Å²) in [4.78, 5) is 24.3. The third kappa shape index (κ3) is 6.30. The van der Waals surface area contributed by atoms with Crippen molar-refractivity contribution in [3.05, 3.63) is 65.7 Å². The van der Waals surface area contributed by atoms with Gasteiger partial charge in [0.2, 0.25) is 11.8 Å². The van der Waals surface area contributed by atoms with E-state index in [1.54, 1.807) is 7.05 Å². The number of hydrogen-bond acceptors (Lipinski definition) is 5. The Morgan fingerprint density at radius 2 is 1.69 bits per heavy atom. The minimum atomic E-state index is -4.51. The van der Waals surface area contributed by atoms with Crippen LogP contribution in [0.3, 0.4) is 0 Å². The zero-order chi connectivity index (χ0) is 23.3. The smallest absolute Gasteiger partial charge is 0.326 e. The summed E-state index contributed by atoms with van der Waals surface area (Å²) < 4.78 is 52.8. The zero-order valence-corrected chi connectivity index (χ0v) is 17.4. The van der Waals surface area contributed by atoms with Crippen LogP contribution in [-0.4, -0.2) is 32.3 Å². The Bertz CT molecular complexity index is 1120. The molecule has 7 nitrogen and oxygen atoms in total. The lowest BCUT2D eigenvalue weighted by molar-refractivity contribution is -0.137. The topological polar surface area (TPSA) is 88.9 Å². The van der Waals surface area contributed by atoms with E-state index >= 15 is 0 Å². The van der Waals surface area contributed by atoms with Gasteiger partial charge in [-0.2, -0.15) is 13.2 Å². The molecule has 12 heteroatoms. The van der Waals surface area contributed by atoms with Crippen LogP contribution >= 0.6 is 11.8 Å². The summed E-state index contributed by atoms with van der Waals surface area (Å²) in [5.41, 5.74) is -0.410. The normalized spacial score (nSPS) is 11.3. The highest BCUT2D eigenvalue weighted by atomic mass is 32.2. The summed E-state index contributed by atoms with van der Waals surface area (Å²) in [5, 5.41) is 13.2. The van der Waals surface area contributed by atoms with Gasteiger partial charge in [-0.05, 0) is 42.5 Å². The van der Waals surface area contributed by atoms with Crippen LogP contribution < -0.4 is 10.6 Å². The highest BCUT2D eigenvalue weighted by molar-refractivity contribution is 7.99. The molecule has 1 aromatic heterocycles. The van der Waals surface area contributed by atoms with E-state index in [0.717, 1.165) is 23.9 Å². The summed E-state index contributed by atoms with van der Waals surface area (Å²) in [6.07, 6.45) is -4.73. The number of hydrogen-bond donors (Lipinski definition) is 2. The van der Waals surface area contributed by atoms with Gasteiger partial charge in [0, 0.05) is 18.4 Å². The lowest BCUT2D eigenvalue weighted by Crippen LogP contribution is -2.18. The fourth-order valence-electron chi connectivity index (χ4n) is 2.61. The maximum Gasteiger partial charge on any atom is 0.416 e. The fourth-order valence-corrected chi connectivity index (χ4v) is 3.34. The third-order valence-electron chi connectivity index (χ3n) is 4.18. The number of benzene rings is 2. The van der Waals surface area contributed by atoms with Crippen LogP contribution in [0.2, 0.25) is 0 Å². The molecule has 0 unspecified atom stereocenters. The SMILES string of the molecule is Cn1c(CC(=O)Nc2cccc(C(F)(F)F)c2)nnc1SCC(=O)Nc1ccc(F)cc1. The second kappa shape index (κ2) is 9.81. The molecule has 32 heavy (non-hydrogen) atoms. The van der Waals surface area contributed by atoms with Gasteiger partial charge in [0.1, 0.15) is 11.6 Å². The van der Waals surface area contributed by atoms with Gasteiger partial charge in [-0.25, -0.2) is 4.39 Å². The van der Waals surface area contributed by atoms with Crippen LogP contribution in [0.4, 0.5) is 28.9 Å². The first-order valence-corrected chi connectivity index (χ1v) is 10.1. The van der Waals surface area contributed by atoms with Crippen LogP contribution in [0.1, 0.15) is 11.4 Å². The Morgan fingerprint density at radius 3 is 2.38 bits per heavy atom. The number of aromatic nitrogens is 3. The fraction of sp³-hybridized carbons (Fsp3) is 0.200. The summed E-state index contributed by atoms with van der Waals surface area (Å²) in [6.45, 7) is 0. The maximum absolute atomic E-state index is 12.9. The molecule has 2 aromatic carbocycles. The lowest BCUT2D eigenvalue weighted by atomic mass is 10.2. The number of alkyl halides is 3. The van der Waals surface area contributed by atoms with Gasteiger partial charge in [-0.15, -0.1) is 10.2 Å². The average molecular weight is 467 g/mol. The number of nitrogens with one attached hydrogen (secondary N) is 2. The highest BCUT2D eigenvalue weighted by Gasteiger charge is 2.30. The minimum absolute atomic E-state index is 0.000218. The van der Waals surface area contributed by atoms with Crippen molar-refractivity contribution in [2.75, 3.05) is 16.4 Å². The number of carbonyl (C=O) groups excluding carboxylic acids is 2. The molecule has 0 bridgehead atoms. The van der Waals surface area contributed by atoms with Crippen LogP contribution in [0.25, 0.3) is 0 Å². The Morgan fingerprint density at radius 1 is 1.00 bits per heavy atom. The molecular formula is C20H17F4N5O2S. The molecule has 0 fully saturated rings. The van der Waals surface area contributed by atoms with Gasteiger partial charge >= 0.3 is 6.18 Å². The molecule has 0 radical (unpaired) electrons. The molecule has 168 valence electrons. The minimum Gasteiger partial charge on any atom is -0.326 e. The molecule has 2 N–H and O–H groups in total. The van der Waals surface area contributed by atoms with Crippen molar-refractivity contribution in [1.82, 2.24) is 14.8 Å².